The Kier molecular flexibility index (Phi) is 10.4. The molecule has 0 aromatic heterocycles. The number of halogens is 2. The van der Waals surface area contributed by atoms with Gasteiger partial charge in [0.2, 0.25) is 11.8 Å². The summed E-state index contributed by atoms with van der Waals surface area (Å²) >= 11 is 12.2. The van der Waals surface area contributed by atoms with E-state index in [2.05, 4.69) is 5.32 Å². The van der Waals surface area contributed by atoms with Gasteiger partial charge in [0.15, 0.2) is 0 Å². The van der Waals surface area contributed by atoms with Crippen molar-refractivity contribution in [1.82, 2.24) is 10.2 Å². The summed E-state index contributed by atoms with van der Waals surface area (Å²) in [7, 11) is -4.20. The van der Waals surface area contributed by atoms with E-state index in [1.807, 2.05) is 52.0 Å². The highest BCUT2D eigenvalue weighted by molar-refractivity contribution is 7.92. The van der Waals surface area contributed by atoms with Gasteiger partial charge in [0.25, 0.3) is 10.0 Å². The van der Waals surface area contributed by atoms with Crippen molar-refractivity contribution in [2.75, 3.05) is 10.8 Å². The van der Waals surface area contributed by atoms with Crippen LogP contribution in [0.3, 0.4) is 0 Å². The Hall–Kier alpha value is -3.07. The summed E-state index contributed by atoms with van der Waals surface area (Å²) in [4.78, 5) is 28.6. The number of amides is 2. The molecule has 208 valence electrons. The molecule has 7 nitrogen and oxygen atoms in total. The average Bonchev–Trinajstić information content (AvgIpc) is 2.88. The number of hydrogen-bond donors (Lipinski definition) is 1. The Morgan fingerprint density at radius 2 is 1.56 bits per heavy atom. The summed E-state index contributed by atoms with van der Waals surface area (Å²) in [6.45, 7) is 7.06. The highest BCUT2D eigenvalue weighted by Crippen LogP contribution is 2.27. The Labute approximate surface area is 240 Å². The maximum atomic E-state index is 14.0. The molecule has 0 fully saturated rings. The zero-order valence-electron chi connectivity index (χ0n) is 22.4. The second-order valence-electron chi connectivity index (χ2n) is 9.54. The first-order valence-corrected chi connectivity index (χ1v) is 14.8. The molecule has 0 unspecified atom stereocenters. The molecule has 0 radical (unpaired) electrons. The normalized spacial score (nSPS) is 12.2. The molecule has 10 heteroatoms. The average molecular weight is 591 g/mol. The number of rotatable bonds is 11. The van der Waals surface area contributed by atoms with Crippen molar-refractivity contribution in [3.63, 3.8) is 0 Å². The van der Waals surface area contributed by atoms with Crippen LogP contribution in [0.25, 0.3) is 0 Å². The highest BCUT2D eigenvalue weighted by Gasteiger charge is 2.34. The summed E-state index contributed by atoms with van der Waals surface area (Å²) in [5.41, 5.74) is 2.10. The summed E-state index contributed by atoms with van der Waals surface area (Å²) < 4.78 is 28.6. The van der Waals surface area contributed by atoms with E-state index in [-0.39, 0.29) is 29.1 Å². The molecule has 39 heavy (non-hydrogen) atoms. The van der Waals surface area contributed by atoms with Crippen molar-refractivity contribution in [3.8, 4) is 0 Å². The molecule has 0 saturated carbocycles. The minimum absolute atomic E-state index is 0.0330. The highest BCUT2D eigenvalue weighted by atomic mass is 35.5. The number of hydrogen-bond acceptors (Lipinski definition) is 4. The first-order valence-electron chi connectivity index (χ1n) is 12.6. The van der Waals surface area contributed by atoms with Crippen molar-refractivity contribution in [2.24, 2.45) is 0 Å². The summed E-state index contributed by atoms with van der Waals surface area (Å²) in [5.74, 6) is -0.832. The Balaban J connectivity index is 2.06. The van der Waals surface area contributed by atoms with E-state index in [4.69, 9.17) is 23.2 Å². The monoisotopic (exact) mass is 589 g/mol. The first-order chi connectivity index (χ1) is 18.4. The predicted octanol–water partition coefficient (Wildman–Crippen LogP) is 5.83. The third-order valence-corrected chi connectivity index (χ3v) is 8.34. The fourth-order valence-electron chi connectivity index (χ4n) is 4.08. The van der Waals surface area contributed by atoms with Crippen LogP contribution in [0.5, 0.6) is 0 Å². The maximum absolute atomic E-state index is 14.0. The molecule has 1 N–H and O–H groups in total. The van der Waals surface area contributed by atoms with Crippen LogP contribution < -0.4 is 9.62 Å². The molecule has 0 aliphatic rings. The van der Waals surface area contributed by atoms with Crippen LogP contribution in [0, 0.1) is 6.92 Å². The van der Waals surface area contributed by atoms with Crippen molar-refractivity contribution in [1.29, 1.82) is 0 Å². The second kappa shape index (κ2) is 13.3. The van der Waals surface area contributed by atoms with Gasteiger partial charge in [-0.15, -0.1) is 0 Å². The van der Waals surface area contributed by atoms with E-state index < -0.39 is 28.5 Å². The molecule has 0 bridgehead atoms. The van der Waals surface area contributed by atoms with Gasteiger partial charge in [0.05, 0.1) is 10.6 Å². The number of sulfonamides is 1. The van der Waals surface area contributed by atoms with Gasteiger partial charge in [0, 0.05) is 22.6 Å². The molecule has 2 amide bonds. The number of nitrogens with one attached hydrogen (secondary N) is 1. The van der Waals surface area contributed by atoms with Crippen molar-refractivity contribution < 1.29 is 18.0 Å². The zero-order valence-corrected chi connectivity index (χ0v) is 24.7. The molecule has 3 aromatic carbocycles. The lowest BCUT2D eigenvalue weighted by atomic mass is 10.1. The molecule has 0 heterocycles. The van der Waals surface area contributed by atoms with Crippen LogP contribution in [-0.4, -0.2) is 43.8 Å². The standard InChI is InChI=1S/C29H33Cl2N3O4S/c1-5-27(29(36)32-20(2)3)33(18-22-11-9-21(4)10-12-22)28(35)19-34(25-8-6-7-24(31)17-25)39(37,38)26-15-13-23(30)14-16-26/h6-17,20,27H,5,18-19H2,1-4H3,(H,32,36)/t27-/m1/s1. The summed E-state index contributed by atoms with van der Waals surface area (Å²) in [6.07, 6.45) is 0.344. The SMILES string of the molecule is CC[C@H](C(=O)NC(C)C)N(Cc1ccc(C)cc1)C(=O)CN(c1cccc(Cl)c1)S(=O)(=O)c1ccc(Cl)cc1. The van der Waals surface area contributed by atoms with Crippen LogP contribution in [-0.2, 0) is 26.2 Å². The van der Waals surface area contributed by atoms with Crippen molar-refractivity contribution in [3.05, 3.63) is 94.0 Å². The molecule has 3 aromatic rings. The zero-order chi connectivity index (χ0) is 28.7. The smallest absolute Gasteiger partial charge is 0.264 e. The van der Waals surface area contributed by atoms with E-state index in [9.17, 15) is 18.0 Å². The van der Waals surface area contributed by atoms with E-state index in [1.54, 1.807) is 18.2 Å². The lowest BCUT2D eigenvalue weighted by Crippen LogP contribution is -2.53. The van der Waals surface area contributed by atoms with E-state index >= 15 is 0 Å². The third kappa shape index (κ3) is 7.97. The fourth-order valence-corrected chi connectivity index (χ4v) is 5.80. The van der Waals surface area contributed by atoms with Gasteiger partial charge >= 0.3 is 0 Å². The van der Waals surface area contributed by atoms with Gasteiger partial charge < -0.3 is 10.2 Å². The molecule has 0 aliphatic carbocycles. The lowest BCUT2D eigenvalue weighted by Gasteiger charge is -2.33. The van der Waals surface area contributed by atoms with Gasteiger partial charge in [-0.1, -0.05) is 66.0 Å². The van der Waals surface area contributed by atoms with Crippen molar-refractivity contribution in [2.45, 2.75) is 57.6 Å². The quantitative estimate of drug-likeness (QED) is 0.305. The summed E-state index contributed by atoms with van der Waals surface area (Å²) in [5, 5.41) is 3.58. The molecule has 1 atom stereocenters. The van der Waals surface area contributed by atoms with Gasteiger partial charge in [-0.25, -0.2) is 8.42 Å². The molecule has 0 saturated heterocycles. The Morgan fingerprint density at radius 1 is 0.923 bits per heavy atom. The third-order valence-electron chi connectivity index (χ3n) is 6.07. The lowest BCUT2D eigenvalue weighted by molar-refractivity contribution is -0.140. The second-order valence-corrected chi connectivity index (χ2v) is 12.3. The van der Waals surface area contributed by atoms with Crippen LogP contribution >= 0.6 is 23.2 Å². The molecular formula is C29H33Cl2N3O4S. The van der Waals surface area contributed by atoms with Gasteiger partial charge in [0.1, 0.15) is 12.6 Å². The van der Waals surface area contributed by atoms with Crippen molar-refractivity contribution >= 4 is 50.7 Å². The minimum Gasteiger partial charge on any atom is -0.352 e. The molecule has 3 rings (SSSR count). The number of carbonyl (C=O) groups is 2. The van der Waals surface area contributed by atoms with E-state index in [1.165, 1.54) is 35.2 Å². The summed E-state index contributed by atoms with van der Waals surface area (Å²) in [6, 6.07) is 18.7. The van der Waals surface area contributed by atoms with Gasteiger partial charge in [-0.3, -0.25) is 13.9 Å². The topological polar surface area (TPSA) is 86.8 Å². The Bertz CT molecular complexity index is 1390. The Morgan fingerprint density at radius 3 is 2.13 bits per heavy atom. The van der Waals surface area contributed by atoms with Crippen LogP contribution in [0.1, 0.15) is 38.3 Å². The number of anilines is 1. The molecule has 0 aliphatic heterocycles. The minimum atomic E-state index is -4.20. The van der Waals surface area contributed by atoms with Gasteiger partial charge in [-0.2, -0.15) is 0 Å². The number of benzene rings is 3. The fraction of sp³-hybridized carbons (Fsp3) is 0.310. The predicted molar refractivity (Wildman–Crippen MR) is 157 cm³/mol. The maximum Gasteiger partial charge on any atom is 0.264 e. The number of aryl methyl sites for hydroxylation is 1. The van der Waals surface area contributed by atoms with Crippen LogP contribution in [0.15, 0.2) is 77.7 Å². The number of nitrogens with zero attached hydrogens (tertiary/aromatic N) is 2. The van der Waals surface area contributed by atoms with E-state index in [0.717, 1.165) is 15.4 Å². The number of carbonyl (C=O) groups excluding carboxylic acids is 2. The first kappa shape index (κ1) is 30.5. The largest absolute Gasteiger partial charge is 0.352 e. The van der Waals surface area contributed by atoms with E-state index in [0.29, 0.717) is 16.5 Å². The molecule has 0 spiro atoms. The van der Waals surface area contributed by atoms with Crippen LogP contribution in [0.4, 0.5) is 5.69 Å². The van der Waals surface area contributed by atoms with Crippen LogP contribution in [0.2, 0.25) is 10.0 Å². The van der Waals surface area contributed by atoms with Gasteiger partial charge in [-0.05, 0) is 75.2 Å². The molecular weight excluding hydrogens is 557 g/mol.